The van der Waals surface area contributed by atoms with Crippen LogP contribution in [0.15, 0.2) is 48.5 Å². The lowest BCUT2D eigenvalue weighted by Crippen LogP contribution is -2.06. The van der Waals surface area contributed by atoms with E-state index >= 15 is 0 Å². The monoisotopic (exact) mass is 432 g/mol. The van der Waals surface area contributed by atoms with E-state index in [2.05, 4.69) is 9.13 Å². The summed E-state index contributed by atoms with van der Waals surface area (Å²) in [4.78, 5) is 12.5. The first kappa shape index (κ1) is 20.5. The summed E-state index contributed by atoms with van der Waals surface area (Å²) in [7, 11) is 4.90. The van der Waals surface area contributed by atoms with Crippen molar-refractivity contribution in [3.63, 3.8) is 0 Å². The minimum Gasteiger partial charge on any atom is -0.466 e. The predicted molar refractivity (Wildman–Crippen MR) is 124 cm³/mol. The maximum Gasteiger partial charge on any atom is 0.188 e. The number of hydrogen-bond donors (Lipinski definition) is 0. The highest BCUT2D eigenvalue weighted by Gasteiger charge is 2.27. The van der Waals surface area contributed by atoms with Gasteiger partial charge < -0.3 is 28.1 Å². The molecule has 0 saturated heterocycles. The van der Waals surface area contributed by atoms with Crippen molar-refractivity contribution in [1.29, 1.82) is 0 Å². The third kappa shape index (κ3) is 2.82. The van der Waals surface area contributed by atoms with E-state index in [1.54, 1.807) is 21.3 Å². The summed E-state index contributed by atoms with van der Waals surface area (Å²) in [5, 5.41) is 3.61. The quantitative estimate of drug-likeness (QED) is 0.258. The van der Waals surface area contributed by atoms with E-state index in [9.17, 15) is 4.79 Å². The van der Waals surface area contributed by atoms with E-state index in [0.29, 0.717) is 24.8 Å². The molecule has 0 aliphatic heterocycles. The normalized spacial score (nSPS) is 11.8. The molecule has 0 N–H and O–H groups in total. The van der Waals surface area contributed by atoms with Crippen LogP contribution in [0.5, 0.6) is 5.75 Å². The molecule has 0 aliphatic rings. The largest absolute Gasteiger partial charge is 0.466 e. The van der Waals surface area contributed by atoms with Gasteiger partial charge in [0.2, 0.25) is 0 Å². The van der Waals surface area contributed by atoms with E-state index in [4.69, 9.17) is 18.9 Å². The van der Waals surface area contributed by atoms with Gasteiger partial charge in [0.15, 0.2) is 13.1 Å². The van der Waals surface area contributed by atoms with Crippen LogP contribution in [0.3, 0.4) is 0 Å². The molecule has 164 valence electrons. The average Bonchev–Trinajstić information content (AvgIpc) is 3.32. The van der Waals surface area contributed by atoms with Crippen molar-refractivity contribution in [3.05, 3.63) is 54.1 Å². The van der Waals surface area contributed by atoms with Crippen molar-refractivity contribution in [1.82, 2.24) is 9.13 Å². The van der Waals surface area contributed by atoms with Crippen molar-refractivity contribution in [2.45, 2.75) is 13.5 Å². The van der Waals surface area contributed by atoms with Gasteiger partial charge in [0, 0.05) is 37.5 Å². The van der Waals surface area contributed by atoms with Crippen LogP contribution in [0.25, 0.3) is 43.6 Å². The van der Waals surface area contributed by atoms with E-state index in [1.807, 2.05) is 48.5 Å². The number of nitrogens with zero attached hydrogens (tertiary/aromatic N) is 2. The average molecular weight is 432 g/mol. The lowest BCUT2D eigenvalue weighted by atomic mass is 10.0. The number of benzene rings is 3. The molecular formula is C25H24N2O5. The molecule has 7 nitrogen and oxygen atoms in total. The first-order valence-corrected chi connectivity index (χ1v) is 10.3. The SMILES string of the molecule is COCOc1c(C=O)c2c3ccccc3n(COC)c2c2c1c1ccccc1n2COC. The molecule has 0 spiro atoms. The molecule has 0 bridgehead atoms. The number of aldehydes is 1. The Morgan fingerprint density at radius 1 is 0.750 bits per heavy atom. The predicted octanol–water partition coefficient (Wildman–Crippen LogP) is 4.91. The maximum absolute atomic E-state index is 12.5. The van der Waals surface area contributed by atoms with Gasteiger partial charge in [-0.05, 0) is 12.1 Å². The highest BCUT2D eigenvalue weighted by atomic mass is 16.7. The molecule has 3 aromatic carbocycles. The Labute approximate surface area is 184 Å². The van der Waals surface area contributed by atoms with Crippen LogP contribution < -0.4 is 4.74 Å². The summed E-state index contributed by atoms with van der Waals surface area (Å²) in [6, 6.07) is 16.1. The van der Waals surface area contributed by atoms with Crippen molar-refractivity contribution in [3.8, 4) is 5.75 Å². The van der Waals surface area contributed by atoms with Crippen molar-refractivity contribution >= 4 is 49.9 Å². The maximum atomic E-state index is 12.5. The topological polar surface area (TPSA) is 63.8 Å². The van der Waals surface area contributed by atoms with Crippen molar-refractivity contribution < 1.29 is 23.7 Å². The standard InChI is InChI=1S/C25H24N2O5/c1-29-13-26-19-10-6-4-8-16(19)21-18(12-28)25(32-15-31-3)22-17-9-5-7-11-20(17)27(14-30-2)24(22)23(21)26/h4-12H,13-15H2,1-3H3. The van der Waals surface area contributed by atoms with Crippen molar-refractivity contribution in [2.24, 2.45) is 0 Å². The molecule has 0 aliphatic carbocycles. The number of ether oxygens (including phenoxy) is 4. The Hall–Kier alpha value is -3.39. The van der Waals surface area contributed by atoms with E-state index in [-0.39, 0.29) is 6.79 Å². The minimum atomic E-state index is 0.0297. The van der Waals surface area contributed by atoms with Gasteiger partial charge in [-0.1, -0.05) is 36.4 Å². The molecule has 0 atom stereocenters. The highest BCUT2D eigenvalue weighted by molar-refractivity contribution is 6.29. The third-order valence-corrected chi connectivity index (χ3v) is 5.86. The number of para-hydroxylation sites is 2. The van der Waals surface area contributed by atoms with Gasteiger partial charge in [-0.3, -0.25) is 4.79 Å². The summed E-state index contributed by atoms with van der Waals surface area (Å²) in [6.07, 6.45) is 0.874. The van der Waals surface area contributed by atoms with Crippen LogP contribution in [0.2, 0.25) is 0 Å². The fraction of sp³-hybridized carbons (Fsp3) is 0.240. The molecule has 0 radical (unpaired) electrons. The lowest BCUT2D eigenvalue weighted by Gasteiger charge is -2.15. The van der Waals surface area contributed by atoms with E-state index in [1.165, 1.54) is 0 Å². The van der Waals surface area contributed by atoms with Crippen LogP contribution >= 0.6 is 0 Å². The molecule has 0 fully saturated rings. The Morgan fingerprint density at radius 2 is 1.28 bits per heavy atom. The number of hydrogen-bond acceptors (Lipinski definition) is 5. The number of fused-ring (bicyclic) bond motifs is 7. The van der Waals surface area contributed by atoms with Crippen LogP contribution in [0.1, 0.15) is 10.4 Å². The van der Waals surface area contributed by atoms with Crippen molar-refractivity contribution in [2.75, 3.05) is 28.1 Å². The smallest absolute Gasteiger partial charge is 0.188 e. The molecule has 5 rings (SSSR count). The highest BCUT2D eigenvalue weighted by Crippen LogP contribution is 2.46. The fourth-order valence-electron chi connectivity index (χ4n) is 4.76. The van der Waals surface area contributed by atoms with E-state index in [0.717, 1.165) is 49.9 Å². The number of rotatable bonds is 8. The zero-order chi connectivity index (χ0) is 22.2. The summed E-state index contributed by atoms with van der Waals surface area (Å²) < 4.78 is 26.7. The second kappa shape index (κ2) is 8.27. The van der Waals surface area contributed by atoms with Gasteiger partial charge in [0.05, 0.1) is 33.0 Å². The van der Waals surface area contributed by atoms with Gasteiger partial charge in [-0.15, -0.1) is 0 Å². The molecule has 7 heteroatoms. The first-order chi connectivity index (χ1) is 15.8. The van der Waals surface area contributed by atoms with Gasteiger partial charge in [0.25, 0.3) is 0 Å². The van der Waals surface area contributed by atoms with Gasteiger partial charge in [-0.2, -0.15) is 0 Å². The molecule has 32 heavy (non-hydrogen) atoms. The second-order valence-electron chi connectivity index (χ2n) is 7.58. The summed E-state index contributed by atoms with van der Waals surface area (Å²) >= 11 is 0. The minimum absolute atomic E-state index is 0.0297. The van der Waals surface area contributed by atoms with Crippen LogP contribution in [0, 0.1) is 0 Å². The number of aromatic nitrogens is 2. The number of methoxy groups -OCH3 is 3. The fourth-order valence-corrected chi connectivity index (χ4v) is 4.76. The molecule has 0 saturated carbocycles. The first-order valence-electron chi connectivity index (χ1n) is 10.3. The molecular weight excluding hydrogens is 408 g/mol. The molecule has 2 heterocycles. The van der Waals surface area contributed by atoms with Gasteiger partial charge in [-0.25, -0.2) is 0 Å². The number of carbonyl (C=O) groups excluding carboxylic acids is 1. The van der Waals surface area contributed by atoms with Crippen LogP contribution in [-0.4, -0.2) is 43.5 Å². The summed E-state index contributed by atoms with van der Waals surface area (Å²) in [6.45, 7) is 0.712. The Kier molecular flexibility index (Phi) is 5.30. The lowest BCUT2D eigenvalue weighted by molar-refractivity contribution is 0.0518. The molecule has 2 aromatic heterocycles. The Balaban J connectivity index is 2.14. The molecule has 5 aromatic rings. The zero-order valence-corrected chi connectivity index (χ0v) is 18.3. The van der Waals surface area contributed by atoms with Crippen LogP contribution in [0.4, 0.5) is 0 Å². The second-order valence-corrected chi connectivity index (χ2v) is 7.58. The molecule has 0 unspecified atom stereocenters. The van der Waals surface area contributed by atoms with Gasteiger partial charge >= 0.3 is 0 Å². The number of carbonyl (C=O) groups is 1. The summed E-state index contributed by atoms with van der Waals surface area (Å²) in [5.41, 5.74) is 4.30. The third-order valence-electron chi connectivity index (χ3n) is 5.86. The zero-order valence-electron chi connectivity index (χ0n) is 18.3. The van der Waals surface area contributed by atoms with Crippen LogP contribution in [-0.2, 0) is 27.7 Å². The molecule has 0 amide bonds. The summed E-state index contributed by atoms with van der Waals surface area (Å²) in [5.74, 6) is 0.510. The Bertz CT molecular complexity index is 1460. The van der Waals surface area contributed by atoms with Gasteiger partial charge in [0.1, 0.15) is 19.2 Å². The van der Waals surface area contributed by atoms with E-state index < -0.39 is 0 Å². The Morgan fingerprint density at radius 3 is 1.81 bits per heavy atom.